The van der Waals surface area contributed by atoms with Crippen molar-refractivity contribution >= 4 is 17.4 Å². The first-order chi connectivity index (χ1) is 17.9. The lowest BCUT2D eigenvalue weighted by atomic mass is 10.1. The molecule has 1 fully saturated rings. The van der Waals surface area contributed by atoms with Crippen molar-refractivity contribution in [1.82, 2.24) is 24.6 Å². The van der Waals surface area contributed by atoms with Crippen molar-refractivity contribution in [2.45, 2.75) is 6.42 Å². The number of nitrogens with one attached hydrogen (secondary N) is 2. The fourth-order valence-electron chi connectivity index (χ4n) is 3.96. The molecule has 0 amide bonds. The van der Waals surface area contributed by atoms with Gasteiger partial charge in [0.05, 0.1) is 17.6 Å². The zero-order valence-electron chi connectivity index (χ0n) is 20.6. The van der Waals surface area contributed by atoms with Gasteiger partial charge in [0.25, 0.3) is 0 Å². The van der Waals surface area contributed by atoms with Gasteiger partial charge in [0.15, 0.2) is 6.61 Å². The summed E-state index contributed by atoms with van der Waals surface area (Å²) in [6.07, 6.45) is 5.69. The lowest BCUT2D eigenvalue weighted by Crippen LogP contribution is -2.35. The normalized spacial score (nSPS) is 13.9. The summed E-state index contributed by atoms with van der Waals surface area (Å²) in [6.45, 7) is 2.85. The monoisotopic (exact) mass is 499 g/mol. The van der Waals surface area contributed by atoms with Crippen LogP contribution in [0.2, 0.25) is 0 Å². The van der Waals surface area contributed by atoms with Crippen molar-refractivity contribution in [3.8, 4) is 23.5 Å². The molecule has 0 unspecified atom stereocenters. The lowest BCUT2D eigenvalue weighted by Gasteiger charge is -2.26. The highest BCUT2D eigenvalue weighted by atomic mass is 16.5. The SMILES string of the molecule is Cn1nccc1OCC#Cc1nccc(N2CCCN(/C(=C/C(=N)c3ccccc3O)C(=N)N)CC2)n1. The van der Waals surface area contributed by atoms with Crippen molar-refractivity contribution in [2.75, 3.05) is 37.7 Å². The Morgan fingerprint density at radius 3 is 2.73 bits per heavy atom. The second-order valence-corrected chi connectivity index (χ2v) is 8.32. The van der Waals surface area contributed by atoms with E-state index >= 15 is 0 Å². The number of ether oxygens (including phenoxy) is 1. The number of phenolic OH excluding ortho intramolecular Hbond substituents is 1. The van der Waals surface area contributed by atoms with Gasteiger partial charge >= 0.3 is 0 Å². The third-order valence-corrected chi connectivity index (χ3v) is 5.82. The Hall–Kier alpha value is -4.85. The molecule has 0 spiro atoms. The number of phenols is 1. The van der Waals surface area contributed by atoms with Gasteiger partial charge in [-0.3, -0.25) is 5.41 Å². The molecule has 37 heavy (non-hydrogen) atoms. The minimum Gasteiger partial charge on any atom is -0.507 e. The van der Waals surface area contributed by atoms with E-state index < -0.39 is 0 Å². The molecule has 190 valence electrons. The molecule has 4 rings (SSSR count). The minimum atomic E-state index is -0.124. The first kappa shape index (κ1) is 25.2. The number of allylic oxidation sites excluding steroid dienone is 1. The Balaban J connectivity index is 1.42. The van der Waals surface area contributed by atoms with Crippen LogP contribution in [0.5, 0.6) is 11.6 Å². The zero-order chi connectivity index (χ0) is 26.2. The lowest BCUT2D eigenvalue weighted by molar-refractivity contribution is 0.335. The topological polar surface area (TPSA) is 153 Å². The smallest absolute Gasteiger partial charge is 0.212 e. The molecule has 1 aromatic carbocycles. The molecule has 1 saturated heterocycles. The highest BCUT2D eigenvalue weighted by Crippen LogP contribution is 2.20. The summed E-state index contributed by atoms with van der Waals surface area (Å²) in [5.74, 6) is 7.58. The first-order valence-corrected chi connectivity index (χ1v) is 11.8. The van der Waals surface area contributed by atoms with Crippen LogP contribution in [-0.4, -0.2) is 74.1 Å². The third kappa shape index (κ3) is 6.43. The maximum absolute atomic E-state index is 10.1. The van der Waals surface area contributed by atoms with Gasteiger partial charge in [-0.25, -0.2) is 14.6 Å². The summed E-state index contributed by atoms with van der Waals surface area (Å²) in [5, 5.41) is 30.6. The number of para-hydroxylation sites is 1. The standard InChI is InChI=1S/C26H29N9O2/c1-33-25(10-12-31-33)37-17-4-8-23-30-11-9-24(32-23)35-14-5-13-34(15-16-35)21(26(28)29)18-20(27)19-6-2-3-7-22(19)36/h2-3,6-7,9-12,18,27,36H,5,13-17H2,1H3,(H3,28,29)/b21-18+,27-20?. The molecule has 0 radical (unpaired) electrons. The number of hydrogen-bond acceptors (Lipinski definition) is 9. The molecule has 2 aromatic heterocycles. The van der Waals surface area contributed by atoms with Crippen LogP contribution < -0.4 is 15.4 Å². The van der Waals surface area contributed by atoms with Crippen LogP contribution in [0.15, 0.2) is 60.6 Å². The molecule has 3 aromatic rings. The molecule has 3 heterocycles. The number of amidine groups is 1. The summed E-state index contributed by atoms with van der Waals surface area (Å²) >= 11 is 0. The number of hydrogen-bond donors (Lipinski definition) is 4. The van der Waals surface area contributed by atoms with Crippen LogP contribution in [0.25, 0.3) is 0 Å². The van der Waals surface area contributed by atoms with E-state index in [9.17, 15) is 5.11 Å². The van der Waals surface area contributed by atoms with Crippen molar-refractivity contribution in [3.05, 3.63) is 72.0 Å². The maximum Gasteiger partial charge on any atom is 0.212 e. The number of anilines is 1. The average Bonchev–Trinajstić information content (AvgIpc) is 3.14. The van der Waals surface area contributed by atoms with Crippen LogP contribution in [0.4, 0.5) is 5.82 Å². The molecule has 1 aliphatic heterocycles. The number of aromatic hydroxyl groups is 1. The van der Waals surface area contributed by atoms with Crippen LogP contribution in [0.1, 0.15) is 17.8 Å². The molecule has 1 aliphatic rings. The predicted octanol–water partition coefficient (Wildman–Crippen LogP) is 1.75. The van der Waals surface area contributed by atoms with Crippen molar-refractivity contribution in [1.29, 1.82) is 10.8 Å². The van der Waals surface area contributed by atoms with E-state index in [-0.39, 0.29) is 23.9 Å². The number of nitrogens with zero attached hydrogens (tertiary/aromatic N) is 6. The van der Waals surface area contributed by atoms with Gasteiger partial charge in [0.2, 0.25) is 11.7 Å². The number of rotatable bonds is 7. The number of aromatic nitrogens is 4. The molecule has 0 saturated carbocycles. The number of nitrogens with two attached hydrogens (primary N) is 1. The minimum absolute atomic E-state index is 0.0138. The average molecular weight is 500 g/mol. The molecule has 0 atom stereocenters. The fourth-order valence-corrected chi connectivity index (χ4v) is 3.96. The maximum atomic E-state index is 10.1. The first-order valence-electron chi connectivity index (χ1n) is 11.8. The van der Waals surface area contributed by atoms with E-state index in [0.29, 0.717) is 42.6 Å². The number of benzene rings is 1. The second kappa shape index (κ2) is 11.7. The van der Waals surface area contributed by atoms with Gasteiger partial charge in [0.1, 0.15) is 17.4 Å². The van der Waals surface area contributed by atoms with Crippen LogP contribution in [-0.2, 0) is 7.05 Å². The molecular formula is C26H29N9O2. The highest BCUT2D eigenvalue weighted by molar-refractivity contribution is 6.12. The Kier molecular flexibility index (Phi) is 8.00. The Morgan fingerprint density at radius 1 is 1.14 bits per heavy atom. The van der Waals surface area contributed by atoms with Crippen LogP contribution >= 0.6 is 0 Å². The molecular weight excluding hydrogens is 470 g/mol. The van der Waals surface area contributed by atoms with E-state index in [0.717, 1.165) is 18.8 Å². The molecule has 11 heteroatoms. The van der Waals surface area contributed by atoms with E-state index in [1.807, 2.05) is 11.0 Å². The van der Waals surface area contributed by atoms with Gasteiger partial charge < -0.3 is 30.8 Å². The summed E-state index contributed by atoms with van der Waals surface area (Å²) in [7, 11) is 1.80. The van der Waals surface area contributed by atoms with Gasteiger partial charge in [0, 0.05) is 51.1 Å². The van der Waals surface area contributed by atoms with Crippen molar-refractivity contribution in [3.63, 3.8) is 0 Å². The van der Waals surface area contributed by atoms with Gasteiger partial charge in [-0.1, -0.05) is 18.1 Å². The summed E-state index contributed by atoms with van der Waals surface area (Å²) in [5.41, 5.74) is 6.83. The van der Waals surface area contributed by atoms with Crippen molar-refractivity contribution < 1.29 is 9.84 Å². The highest BCUT2D eigenvalue weighted by Gasteiger charge is 2.20. The van der Waals surface area contributed by atoms with E-state index in [1.165, 1.54) is 6.07 Å². The number of aryl methyl sites for hydroxylation is 1. The zero-order valence-corrected chi connectivity index (χ0v) is 20.6. The Labute approximate surface area is 215 Å². The van der Waals surface area contributed by atoms with E-state index in [1.54, 1.807) is 54.5 Å². The molecule has 11 nitrogen and oxygen atoms in total. The Morgan fingerprint density at radius 2 is 1.97 bits per heavy atom. The molecule has 0 aliphatic carbocycles. The van der Waals surface area contributed by atoms with Crippen LogP contribution in [0.3, 0.4) is 0 Å². The van der Waals surface area contributed by atoms with Gasteiger partial charge in [-0.2, -0.15) is 5.10 Å². The quantitative estimate of drug-likeness (QED) is 0.218. The third-order valence-electron chi connectivity index (χ3n) is 5.82. The second-order valence-electron chi connectivity index (χ2n) is 8.32. The van der Waals surface area contributed by atoms with E-state index in [2.05, 4.69) is 31.8 Å². The predicted molar refractivity (Wildman–Crippen MR) is 141 cm³/mol. The van der Waals surface area contributed by atoms with Crippen molar-refractivity contribution in [2.24, 2.45) is 12.8 Å². The summed E-state index contributed by atoms with van der Waals surface area (Å²) in [6, 6.07) is 10.3. The largest absolute Gasteiger partial charge is 0.507 e. The van der Waals surface area contributed by atoms with E-state index in [4.69, 9.17) is 21.3 Å². The summed E-state index contributed by atoms with van der Waals surface area (Å²) in [4.78, 5) is 13.0. The molecule has 0 bridgehead atoms. The molecule has 5 N–H and O–H groups in total. The fraction of sp³-hybridized carbons (Fsp3) is 0.269. The van der Waals surface area contributed by atoms with Crippen LogP contribution in [0, 0.1) is 22.7 Å². The van der Waals surface area contributed by atoms with Gasteiger partial charge in [-0.15, -0.1) is 0 Å². The summed E-state index contributed by atoms with van der Waals surface area (Å²) < 4.78 is 7.20. The Bertz CT molecular complexity index is 1370. The van der Waals surface area contributed by atoms with Gasteiger partial charge in [-0.05, 0) is 36.6 Å².